The first-order valence-corrected chi connectivity index (χ1v) is 3.93. The molecule has 0 bridgehead atoms. The van der Waals surface area contributed by atoms with Crippen LogP contribution in [0, 0.1) is 12.3 Å². The van der Waals surface area contributed by atoms with Crippen LogP contribution < -0.4 is 63.5 Å². The van der Waals surface area contributed by atoms with E-state index in [0.717, 1.165) is 12.5 Å². The average molecular weight is 214 g/mol. The van der Waals surface area contributed by atoms with E-state index in [9.17, 15) is 0 Å². The molecule has 1 aliphatic rings. The molecule has 1 saturated heterocycles. The second kappa shape index (κ2) is 10.8. The van der Waals surface area contributed by atoms with Crippen LogP contribution in [0.5, 0.6) is 0 Å². The van der Waals surface area contributed by atoms with Crippen molar-refractivity contribution in [2.75, 3.05) is 13.1 Å². The Bertz CT molecular complexity index is 51.2. The summed E-state index contributed by atoms with van der Waals surface area (Å²) in [5.41, 5.74) is 0. The Morgan fingerprint density at radius 2 is 2.00 bits per heavy atom. The molecular weight excluding hydrogens is 196 g/mol. The van der Waals surface area contributed by atoms with Gasteiger partial charge in [0.2, 0.25) is 0 Å². The van der Waals surface area contributed by atoms with Gasteiger partial charge in [0, 0.05) is 0 Å². The van der Waals surface area contributed by atoms with Gasteiger partial charge >= 0.3 is 58.2 Å². The summed E-state index contributed by atoms with van der Waals surface area (Å²) in [5, 5.41) is 3.26. The molecule has 10 heavy (non-hydrogen) atoms. The molecule has 1 atom stereocenters. The molecule has 1 heterocycles. The summed E-state index contributed by atoms with van der Waals surface area (Å²) in [6, 6.07) is 0. The van der Waals surface area contributed by atoms with Crippen LogP contribution in [-0.4, -0.2) is 13.1 Å². The molecule has 0 aromatic carbocycles. The third-order valence-corrected chi connectivity index (χ3v) is 1.44. The normalized spacial score (nSPS) is 23.7. The van der Waals surface area contributed by atoms with Crippen LogP contribution in [0.4, 0.5) is 0 Å². The zero-order chi connectivity index (χ0) is 7.11. The van der Waals surface area contributed by atoms with Crippen LogP contribution >= 0.6 is 0 Å². The molecule has 0 radical (unpaired) electrons. The van der Waals surface area contributed by atoms with Gasteiger partial charge in [0.15, 0.2) is 0 Å². The topological polar surface area (TPSA) is 12.0 Å². The number of rotatable bonds is 0. The van der Waals surface area contributed by atoms with E-state index in [0.29, 0.717) is 0 Å². The van der Waals surface area contributed by atoms with Gasteiger partial charge in [-0.15, -0.1) is 6.54 Å². The van der Waals surface area contributed by atoms with Crippen molar-refractivity contribution in [3.8, 4) is 0 Å². The number of piperidine rings is 1. The molecule has 1 unspecified atom stereocenters. The Morgan fingerprint density at radius 3 is 2.20 bits per heavy atom. The van der Waals surface area contributed by atoms with E-state index in [2.05, 4.69) is 18.7 Å². The fourth-order valence-electron chi connectivity index (χ4n) is 0.834. The standard InChI is InChI=1S/C6H12N.C2H6.Rb/c1-6-2-4-7-5-3-6;1-2;/h2,6-7H,3-5H2,1H3;1-2H3;/q-1;;+1. The summed E-state index contributed by atoms with van der Waals surface area (Å²) in [5.74, 6) is 0.848. The first-order chi connectivity index (χ1) is 4.39. The number of hydrogen-bond donors (Lipinski definition) is 1. The van der Waals surface area contributed by atoms with Crippen LogP contribution in [0.2, 0.25) is 0 Å². The molecule has 0 aliphatic carbocycles. The molecule has 2 heteroatoms. The molecule has 1 N–H and O–H groups in total. The van der Waals surface area contributed by atoms with E-state index < -0.39 is 0 Å². The third-order valence-electron chi connectivity index (χ3n) is 1.44. The fraction of sp³-hybridized carbons (Fsp3) is 0.875. The van der Waals surface area contributed by atoms with Crippen molar-refractivity contribution in [3.05, 3.63) is 6.42 Å². The Labute approximate surface area is 114 Å². The van der Waals surface area contributed by atoms with E-state index in [1.807, 2.05) is 13.8 Å². The van der Waals surface area contributed by atoms with Crippen molar-refractivity contribution in [2.45, 2.75) is 27.2 Å². The van der Waals surface area contributed by atoms with E-state index in [1.165, 1.54) is 13.0 Å². The van der Waals surface area contributed by atoms with Crippen molar-refractivity contribution in [3.63, 3.8) is 0 Å². The molecule has 1 fully saturated rings. The van der Waals surface area contributed by atoms with Crippen molar-refractivity contribution in [1.29, 1.82) is 0 Å². The van der Waals surface area contributed by atoms with Gasteiger partial charge < -0.3 is 11.7 Å². The minimum atomic E-state index is 0. The van der Waals surface area contributed by atoms with Crippen LogP contribution in [0.1, 0.15) is 27.2 Å². The maximum Gasteiger partial charge on any atom is 1.00 e. The molecular formula is C8H18NRb. The molecule has 0 aromatic rings. The first-order valence-electron chi connectivity index (χ1n) is 3.93. The van der Waals surface area contributed by atoms with Crippen molar-refractivity contribution in [2.24, 2.45) is 5.92 Å². The summed E-state index contributed by atoms with van der Waals surface area (Å²) in [6.45, 7) is 8.58. The molecule has 0 amide bonds. The van der Waals surface area contributed by atoms with Gasteiger partial charge in [0.25, 0.3) is 0 Å². The zero-order valence-electron chi connectivity index (χ0n) is 7.78. The second-order valence-electron chi connectivity index (χ2n) is 2.21. The van der Waals surface area contributed by atoms with E-state index in [1.54, 1.807) is 0 Å². The predicted molar refractivity (Wildman–Crippen MR) is 42.3 cm³/mol. The fourth-order valence-corrected chi connectivity index (χ4v) is 0.834. The molecule has 1 rings (SSSR count). The predicted octanol–water partition coefficient (Wildman–Crippen LogP) is -1.15. The van der Waals surface area contributed by atoms with Crippen LogP contribution in [-0.2, 0) is 0 Å². The summed E-state index contributed by atoms with van der Waals surface area (Å²) >= 11 is 0. The van der Waals surface area contributed by atoms with Gasteiger partial charge in [-0.3, -0.25) is 0 Å². The molecule has 0 saturated carbocycles. The van der Waals surface area contributed by atoms with Crippen LogP contribution in [0.25, 0.3) is 0 Å². The SMILES string of the molecule is CC.CC1[CH-]CNCC1.[Rb+]. The van der Waals surface area contributed by atoms with Crippen LogP contribution in [0.15, 0.2) is 0 Å². The summed E-state index contributed by atoms with van der Waals surface area (Å²) in [4.78, 5) is 0. The Kier molecular flexibility index (Phi) is 15.4. The average Bonchev–Trinajstić information content (AvgIpc) is 1.94. The van der Waals surface area contributed by atoms with Gasteiger partial charge in [-0.05, 0) is 6.54 Å². The Morgan fingerprint density at radius 1 is 1.40 bits per heavy atom. The Balaban J connectivity index is 0. The monoisotopic (exact) mass is 213 g/mol. The first kappa shape index (κ1) is 14.3. The van der Waals surface area contributed by atoms with Gasteiger partial charge in [0.1, 0.15) is 0 Å². The second-order valence-corrected chi connectivity index (χ2v) is 2.21. The van der Waals surface area contributed by atoms with Gasteiger partial charge in [-0.25, -0.2) is 0 Å². The largest absolute Gasteiger partial charge is 1.00 e. The minimum absolute atomic E-state index is 0. The van der Waals surface area contributed by atoms with Crippen molar-refractivity contribution in [1.82, 2.24) is 5.32 Å². The molecule has 56 valence electrons. The molecule has 1 aliphatic heterocycles. The van der Waals surface area contributed by atoms with Crippen LogP contribution in [0.3, 0.4) is 0 Å². The maximum atomic E-state index is 3.26. The van der Waals surface area contributed by atoms with Gasteiger partial charge in [-0.2, -0.15) is 5.92 Å². The van der Waals surface area contributed by atoms with E-state index in [-0.39, 0.29) is 58.2 Å². The third kappa shape index (κ3) is 7.87. The maximum absolute atomic E-state index is 3.26. The van der Waals surface area contributed by atoms with Crippen molar-refractivity contribution >= 4 is 0 Å². The number of hydrogen-bond acceptors (Lipinski definition) is 1. The summed E-state index contributed by atoms with van der Waals surface area (Å²) in [6.07, 6.45) is 3.64. The summed E-state index contributed by atoms with van der Waals surface area (Å²) in [7, 11) is 0. The molecule has 1 nitrogen and oxygen atoms in total. The molecule has 0 aromatic heterocycles. The van der Waals surface area contributed by atoms with Crippen molar-refractivity contribution < 1.29 is 58.2 Å². The summed E-state index contributed by atoms with van der Waals surface area (Å²) < 4.78 is 0. The van der Waals surface area contributed by atoms with E-state index in [4.69, 9.17) is 0 Å². The van der Waals surface area contributed by atoms with E-state index >= 15 is 0 Å². The smallest absolute Gasteiger partial charge is 0.346 e. The van der Waals surface area contributed by atoms with Gasteiger partial charge in [0.05, 0.1) is 0 Å². The Hall–Kier alpha value is 1.77. The molecule has 0 spiro atoms. The van der Waals surface area contributed by atoms with Gasteiger partial charge in [-0.1, -0.05) is 27.2 Å². The number of nitrogens with one attached hydrogen (secondary N) is 1. The minimum Gasteiger partial charge on any atom is -0.346 e. The zero-order valence-corrected chi connectivity index (χ0v) is 12.7. The quantitative estimate of drug-likeness (QED) is 0.502.